The number of hydrogen-bond acceptors (Lipinski definition) is 5. The average Bonchev–Trinajstić information content (AvgIpc) is 3.08. The Hall–Kier alpha value is -1.51. The molecule has 1 aliphatic rings. The van der Waals surface area contributed by atoms with E-state index in [1.54, 1.807) is 0 Å². The van der Waals surface area contributed by atoms with E-state index in [2.05, 4.69) is 37.8 Å². The van der Waals surface area contributed by atoms with Gasteiger partial charge in [0.05, 0.1) is 18.2 Å². The van der Waals surface area contributed by atoms with Crippen LogP contribution in [0, 0.1) is 17.6 Å². The zero-order valence-electron chi connectivity index (χ0n) is 16.4. The molecule has 0 amide bonds. The molecule has 1 aromatic heterocycles. The third-order valence-electron chi connectivity index (χ3n) is 4.96. The van der Waals surface area contributed by atoms with Gasteiger partial charge in [-0.3, -0.25) is 4.90 Å². The molecule has 2 aromatic rings. The molecule has 0 radical (unpaired) electrons. The van der Waals surface area contributed by atoms with E-state index in [0.29, 0.717) is 23.8 Å². The van der Waals surface area contributed by atoms with Crippen LogP contribution in [0.15, 0.2) is 24.3 Å². The Morgan fingerprint density at radius 1 is 1.37 bits per heavy atom. The zero-order chi connectivity index (χ0) is 19.8. The number of hydrogen-bond donors (Lipinski definition) is 0. The molecule has 27 heavy (non-hydrogen) atoms. The topological polar surface area (TPSA) is 60.1 Å². The van der Waals surface area contributed by atoms with E-state index in [9.17, 15) is 8.42 Å². The number of rotatable bonds is 6. The monoisotopic (exact) mass is 408 g/mol. The van der Waals surface area contributed by atoms with Gasteiger partial charge in [0.15, 0.2) is 20.4 Å². The van der Waals surface area contributed by atoms with Crippen LogP contribution in [0.25, 0.3) is 11.4 Å². The summed E-state index contributed by atoms with van der Waals surface area (Å²) in [5, 5.41) is 4.76. The summed E-state index contributed by atoms with van der Waals surface area (Å²) in [5.41, 5.74) is 2.20. The molecular formula is C19H28N4O2S2. The second kappa shape index (κ2) is 7.85. The predicted molar refractivity (Wildman–Crippen MR) is 111 cm³/mol. The van der Waals surface area contributed by atoms with Crippen LogP contribution in [0.4, 0.5) is 0 Å². The lowest BCUT2D eigenvalue weighted by Crippen LogP contribution is -2.40. The first kappa shape index (κ1) is 20.2. The lowest BCUT2D eigenvalue weighted by Gasteiger charge is -2.29. The molecule has 148 valence electrons. The maximum atomic E-state index is 12.0. The number of sulfone groups is 1. The summed E-state index contributed by atoms with van der Waals surface area (Å²) in [6.07, 6.45) is 0.681. The molecule has 0 aliphatic carbocycles. The number of aryl methyl sites for hydroxylation is 1. The van der Waals surface area contributed by atoms with Crippen LogP contribution in [0.1, 0.15) is 25.8 Å². The zero-order valence-corrected chi connectivity index (χ0v) is 18.1. The van der Waals surface area contributed by atoms with Crippen molar-refractivity contribution in [3.05, 3.63) is 34.6 Å². The lowest BCUT2D eigenvalue weighted by molar-refractivity contribution is 0.137. The van der Waals surface area contributed by atoms with E-state index in [-0.39, 0.29) is 17.5 Å². The van der Waals surface area contributed by atoms with E-state index in [1.165, 1.54) is 5.56 Å². The van der Waals surface area contributed by atoms with Crippen LogP contribution in [0.5, 0.6) is 0 Å². The Labute approximate surface area is 166 Å². The molecule has 3 rings (SSSR count). The van der Waals surface area contributed by atoms with Crippen LogP contribution in [-0.4, -0.2) is 51.8 Å². The molecule has 1 saturated heterocycles. The van der Waals surface area contributed by atoms with Crippen molar-refractivity contribution in [1.82, 2.24) is 19.2 Å². The highest BCUT2D eigenvalue weighted by Crippen LogP contribution is 2.22. The summed E-state index contributed by atoms with van der Waals surface area (Å²) < 4.78 is 28.3. The van der Waals surface area contributed by atoms with Crippen LogP contribution >= 0.6 is 12.2 Å². The predicted octanol–water partition coefficient (Wildman–Crippen LogP) is 3.03. The molecule has 6 nitrogen and oxygen atoms in total. The highest BCUT2D eigenvalue weighted by Gasteiger charge is 2.33. The molecule has 1 fully saturated rings. The van der Waals surface area contributed by atoms with Crippen molar-refractivity contribution in [2.75, 3.05) is 18.1 Å². The summed E-state index contributed by atoms with van der Waals surface area (Å²) >= 11 is 5.62. The second-order valence-electron chi connectivity index (χ2n) is 7.90. The SMILES string of the molecule is Cc1cccc(-c2nn(CN(CC(C)C)[C@@H]3CCS(=O)(=O)C3)c(=S)n2C)c1. The highest BCUT2D eigenvalue weighted by molar-refractivity contribution is 7.91. The van der Waals surface area contributed by atoms with Gasteiger partial charge in [-0.2, -0.15) is 5.10 Å². The van der Waals surface area contributed by atoms with Gasteiger partial charge in [-0.1, -0.05) is 37.6 Å². The molecule has 1 aliphatic heterocycles. The third-order valence-corrected chi connectivity index (χ3v) is 7.19. The quantitative estimate of drug-likeness (QED) is 0.688. The standard InChI is InChI=1S/C19H28N4O2S2/c1-14(2)11-22(17-8-9-27(24,25)12-17)13-23-19(26)21(4)18(20-23)16-7-5-6-15(3)10-16/h5-7,10,14,17H,8-9,11-13H2,1-4H3/t17-/m1/s1. The maximum absolute atomic E-state index is 12.0. The first-order valence-electron chi connectivity index (χ1n) is 9.31. The summed E-state index contributed by atoms with van der Waals surface area (Å²) in [4.78, 5) is 2.22. The normalized spacial score (nSPS) is 19.3. The molecular weight excluding hydrogens is 380 g/mol. The number of benzene rings is 1. The van der Waals surface area contributed by atoms with Crippen molar-refractivity contribution in [3.8, 4) is 11.4 Å². The summed E-state index contributed by atoms with van der Waals surface area (Å²) in [5.74, 6) is 1.76. The molecule has 0 unspecified atom stereocenters. The minimum absolute atomic E-state index is 0.0312. The lowest BCUT2D eigenvalue weighted by atomic mass is 10.1. The fourth-order valence-electron chi connectivity index (χ4n) is 3.64. The first-order valence-corrected chi connectivity index (χ1v) is 11.5. The molecule has 8 heteroatoms. The van der Waals surface area contributed by atoms with E-state index in [4.69, 9.17) is 17.3 Å². The minimum Gasteiger partial charge on any atom is -0.303 e. The third kappa shape index (κ3) is 4.67. The van der Waals surface area contributed by atoms with E-state index >= 15 is 0 Å². The van der Waals surface area contributed by atoms with Crippen LogP contribution < -0.4 is 0 Å². The van der Waals surface area contributed by atoms with Crippen molar-refractivity contribution in [1.29, 1.82) is 0 Å². The summed E-state index contributed by atoms with van der Waals surface area (Å²) in [6, 6.07) is 8.23. The second-order valence-corrected chi connectivity index (χ2v) is 10.5. The van der Waals surface area contributed by atoms with Gasteiger partial charge in [0.2, 0.25) is 0 Å². The Morgan fingerprint density at radius 3 is 2.70 bits per heavy atom. The van der Waals surface area contributed by atoms with Gasteiger partial charge in [0.1, 0.15) is 0 Å². The smallest absolute Gasteiger partial charge is 0.199 e. The molecule has 0 spiro atoms. The van der Waals surface area contributed by atoms with Crippen molar-refractivity contribution >= 4 is 22.1 Å². The fraction of sp³-hybridized carbons (Fsp3) is 0.579. The number of aromatic nitrogens is 3. The van der Waals surface area contributed by atoms with Crippen LogP contribution in [-0.2, 0) is 23.6 Å². The van der Waals surface area contributed by atoms with Gasteiger partial charge in [-0.25, -0.2) is 13.1 Å². The van der Waals surface area contributed by atoms with Crippen LogP contribution in [0.3, 0.4) is 0 Å². The van der Waals surface area contributed by atoms with E-state index < -0.39 is 9.84 Å². The average molecular weight is 409 g/mol. The maximum Gasteiger partial charge on any atom is 0.199 e. The molecule has 1 aromatic carbocycles. The largest absolute Gasteiger partial charge is 0.303 e. The van der Waals surface area contributed by atoms with E-state index in [1.807, 2.05) is 28.4 Å². The Morgan fingerprint density at radius 2 is 2.11 bits per heavy atom. The first-order chi connectivity index (χ1) is 12.7. The van der Waals surface area contributed by atoms with Gasteiger partial charge < -0.3 is 4.57 Å². The Bertz CT molecular complexity index is 976. The molecule has 0 saturated carbocycles. The molecule has 1 atom stereocenters. The van der Waals surface area contributed by atoms with Crippen molar-refractivity contribution in [2.24, 2.45) is 13.0 Å². The molecule has 2 heterocycles. The summed E-state index contributed by atoms with van der Waals surface area (Å²) in [6.45, 7) is 7.67. The van der Waals surface area contributed by atoms with Gasteiger partial charge in [0, 0.05) is 25.2 Å². The van der Waals surface area contributed by atoms with E-state index in [0.717, 1.165) is 17.9 Å². The fourth-order valence-corrected chi connectivity index (χ4v) is 5.59. The van der Waals surface area contributed by atoms with Gasteiger partial charge in [0.25, 0.3) is 0 Å². The molecule has 0 N–H and O–H groups in total. The Kier molecular flexibility index (Phi) is 5.88. The molecule has 0 bridgehead atoms. The van der Waals surface area contributed by atoms with Crippen LogP contribution in [0.2, 0.25) is 0 Å². The minimum atomic E-state index is -2.93. The van der Waals surface area contributed by atoms with Crippen molar-refractivity contribution in [3.63, 3.8) is 0 Å². The van der Waals surface area contributed by atoms with Crippen molar-refractivity contribution < 1.29 is 8.42 Å². The number of nitrogens with zero attached hydrogens (tertiary/aromatic N) is 4. The van der Waals surface area contributed by atoms with Crippen molar-refractivity contribution in [2.45, 2.75) is 39.9 Å². The summed E-state index contributed by atoms with van der Waals surface area (Å²) in [7, 11) is -1.01. The van der Waals surface area contributed by atoms with Gasteiger partial charge in [-0.05, 0) is 37.5 Å². The Balaban J connectivity index is 1.90. The highest BCUT2D eigenvalue weighted by atomic mass is 32.2. The van der Waals surface area contributed by atoms with Gasteiger partial charge >= 0.3 is 0 Å². The van der Waals surface area contributed by atoms with Gasteiger partial charge in [-0.15, -0.1) is 0 Å².